The Morgan fingerprint density at radius 1 is 0.955 bits per heavy atom. The van der Waals surface area contributed by atoms with E-state index in [1.54, 1.807) is 0 Å². The molecule has 0 aliphatic carbocycles. The second kappa shape index (κ2) is 17.8. The van der Waals surface area contributed by atoms with Gasteiger partial charge in [0.25, 0.3) is 0 Å². The van der Waals surface area contributed by atoms with Gasteiger partial charge in [0.1, 0.15) is 11.3 Å². The summed E-state index contributed by atoms with van der Waals surface area (Å²) in [6.45, 7) is 25.9. The van der Waals surface area contributed by atoms with Crippen molar-refractivity contribution in [1.29, 1.82) is 0 Å². The number of fused-ring (bicyclic) bond motifs is 1. The topological polar surface area (TPSA) is 38.4 Å². The predicted molar refractivity (Wildman–Crippen MR) is 194 cm³/mol. The zero-order valence-electron chi connectivity index (χ0n) is 29.4. The van der Waals surface area contributed by atoms with Gasteiger partial charge in [0.05, 0.1) is 0 Å². The van der Waals surface area contributed by atoms with Gasteiger partial charge in [-0.15, -0.1) is 5.73 Å². The first-order valence-electron chi connectivity index (χ1n) is 16.5. The number of pyridine rings is 1. The summed E-state index contributed by atoms with van der Waals surface area (Å²) in [5.74, 6) is 0.854. The second-order valence-electron chi connectivity index (χ2n) is 13.8. The van der Waals surface area contributed by atoms with Crippen molar-refractivity contribution in [3.8, 4) is 0 Å². The molecule has 2 aromatic heterocycles. The number of rotatable bonds is 9. The number of aryl methyl sites for hydroxylation is 2. The molecular weight excluding hydrogens is 536 g/mol. The lowest BCUT2D eigenvalue weighted by atomic mass is 9.83. The molecule has 0 saturated carbocycles. The molecule has 4 rings (SSSR count). The summed E-state index contributed by atoms with van der Waals surface area (Å²) in [5, 5.41) is 0. The third-order valence-corrected chi connectivity index (χ3v) is 8.34. The Balaban J connectivity index is 0.000000250. The predicted octanol–water partition coefficient (Wildman–Crippen LogP) is 12.7. The lowest BCUT2D eigenvalue weighted by Crippen LogP contribution is -2.11. The lowest BCUT2D eigenvalue weighted by molar-refractivity contribution is 0.313. The van der Waals surface area contributed by atoms with Crippen molar-refractivity contribution in [2.24, 2.45) is 10.4 Å². The zero-order chi connectivity index (χ0) is 32.8. The van der Waals surface area contributed by atoms with E-state index in [4.69, 9.17) is 4.42 Å². The number of unbranched alkanes of at least 4 members (excludes halogenated alkanes) is 1. The van der Waals surface area contributed by atoms with Crippen LogP contribution in [0.3, 0.4) is 0 Å². The molecule has 3 nitrogen and oxygen atoms in total. The highest BCUT2D eigenvalue weighted by molar-refractivity contribution is 5.81. The minimum Gasteiger partial charge on any atom is -0.454 e. The molecule has 0 bridgehead atoms. The van der Waals surface area contributed by atoms with Crippen molar-refractivity contribution in [1.82, 2.24) is 4.98 Å². The molecule has 3 heteroatoms. The van der Waals surface area contributed by atoms with Gasteiger partial charge < -0.3 is 4.42 Å². The van der Waals surface area contributed by atoms with E-state index >= 15 is 0 Å². The number of allylic oxidation sites excluding steroid dienone is 4. The number of hydrogen-bond donors (Lipinski definition) is 0. The Kier molecular flexibility index (Phi) is 14.8. The summed E-state index contributed by atoms with van der Waals surface area (Å²) >= 11 is 0. The monoisotopic (exact) mass is 594 g/mol. The maximum Gasteiger partial charge on any atom is 0.156 e. The molecule has 0 radical (unpaired) electrons. The van der Waals surface area contributed by atoms with E-state index in [0.29, 0.717) is 5.41 Å². The molecule has 0 atom stereocenters. The number of benzene rings is 1. The Morgan fingerprint density at radius 2 is 1.61 bits per heavy atom. The van der Waals surface area contributed by atoms with Crippen LogP contribution >= 0.6 is 0 Å². The van der Waals surface area contributed by atoms with E-state index in [-0.39, 0.29) is 5.41 Å². The van der Waals surface area contributed by atoms with Crippen molar-refractivity contribution in [2.45, 2.75) is 126 Å². The molecule has 238 valence electrons. The van der Waals surface area contributed by atoms with Crippen molar-refractivity contribution >= 4 is 22.9 Å². The number of furan rings is 1. The average Bonchev–Trinajstić information content (AvgIpc) is 3.31. The standard InChI is InChI=1S/C18H23NO.C15H25N.C8H10/c1-6-8-9-13(7-2)16-12-15-17(20-16)14(10-11-19-15)18(3,4)5;1-5-15(3,4)10-6-8-14-9-7-11-16-12-13(14)2;1-7-3-5-8(2)6-4-7/h10-12H,2,6,8-9H2,1,3-5H3;9,11-12H,5-8,10H2,1-4H3;3-6H,1-2H3. The van der Waals surface area contributed by atoms with Gasteiger partial charge in [0, 0.05) is 42.2 Å². The first-order valence-corrected chi connectivity index (χ1v) is 16.5. The largest absolute Gasteiger partial charge is 0.454 e. The minimum atomic E-state index is 0.0395. The Bertz CT molecular complexity index is 1430. The molecule has 0 spiro atoms. The molecule has 0 unspecified atom stereocenters. The van der Waals surface area contributed by atoms with Gasteiger partial charge in [-0.3, -0.25) is 9.98 Å². The lowest BCUT2D eigenvalue weighted by Gasteiger charge is -2.22. The number of aliphatic imine (C=N–C) groups is 1. The number of aromatic nitrogens is 1. The van der Waals surface area contributed by atoms with Gasteiger partial charge >= 0.3 is 0 Å². The first-order chi connectivity index (χ1) is 20.8. The summed E-state index contributed by atoms with van der Waals surface area (Å²) < 4.78 is 6.07. The van der Waals surface area contributed by atoms with Crippen molar-refractivity contribution < 1.29 is 4.42 Å². The van der Waals surface area contributed by atoms with Crippen LogP contribution in [0.1, 0.15) is 129 Å². The summed E-state index contributed by atoms with van der Waals surface area (Å²) in [7, 11) is 0. The number of hydrogen-bond acceptors (Lipinski definition) is 3. The zero-order valence-corrected chi connectivity index (χ0v) is 29.4. The first kappa shape index (κ1) is 36.8. The van der Waals surface area contributed by atoms with Crippen LogP contribution in [-0.4, -0.2) is 11.2 Å². The van der Waals surface area contributed by atoms with Crippen LogP contribution in [0.25, 0.3) is 16.7 Å². The van der Waals surface area contributed by atoms with Crippen LogP contribution in [0.2, 0.25) is 0 Å². The second-order valence-corrected chi connectivity index (χ2v) is 13.8. The van der Waals surface area contributed by atoms with Gasteiger partial charge in [-0.25, -0.2) is 0 Å². The van der Waals surface area contributed by atoms with E-state index in [1.807, 2.05) is 30.7 Å². The minimum absolute atomic E-state index is 0.0395. The van der Waals surface area contributed by atoms with Crippen LogP contribution in [0, 0.1) is 19.3 Å². The summed E-state index contributed by atoms with van der Waals surface area (Å²) in [6.07, 6.45) is 17.4. The fourth-order valence-corrected chi connectivity index (χ4v) is 4.86. The van der Waals surface area contributed by atoms with Gasteiger partial charge in [-0.05, 0) is 80.9 Å². The SMILES string of the molecule is C=C=C(CCCC)c1cc2nccc(C(C)(C)C)c2o1.CCC(C)(C)CCCC1=CCC=NC=C1C.Cc1ccc(C)cc1. The summed E-state index contributed by atoms with van der Waals surface area (Å²) in [5.41, 5.74) is 13.1. The molecule has 0 N–H and O–H groups in total. The van der Waals surface area contributed by atoms with Crippen LogP contribution in [-0.2, 0) is 5.41 Å². The van der Waals surface area contributed by atoms with E-state index in [0.717, 1.165) is 48.1 Å². The fraction of sp³-hybridized carbons (Fsp3) is 0.488. The van der Waals surface area contributed by atoms with E-state index in [2.05, 4.69) is 122 Å². The average molecular weight is 595 g/mol. The maximum atomic E-state index is 6.07. The third kappa shape index (κ3) is 12.3. The molecule has 3 aromatic rings. The molecule has 1 aromatic carbocycles. The Morgan fingerprint density at radius 3 is 2.18 bits per heavy atom. The van der Waals surface area contributed by atoms with Gasteiger partial charge in [-0.2, -0.15) is 0 Å². The molecule has 44 heavy (non-hydrogen) atoms. The smallest absolute Gasteiger partial charge is 0.156 e. The molecule has 1 aliphatic rings. The maximum absolute atomic E-state index is 6.07. The van der Waals surface area contributed by atoms with Gasteiger partial charge in [-0.1, -0.05) is 109 Å². The van der Waals surface area contributed by atoms with E-state index in [1.165, 1.54) is 53.5 Å². The van der Waals surface area contributed by atoms with Crippen molar-refractivity contribution in [3.63, 3.8) is 0 Å². The van der Waals surface area contributed by atoms with Crippen molar-refractivity contribution in [2.75, 3.05) is 0 Å². The van der Waals surface area contributed by atoms with Crippen LogP contribution in [0.4, 0.5) is 0 Å². The molecule has 3 heterocycles. The van der Waals surface area contributed by atoms with E-state index < -0.39 is 0 Å². The molecule has 1 aliphatic heterocycles. The van der Waals surface area contributed by atoms with Gasteiger partial charge in [0.15, 0.2) is 5.58 Å². The Labute approximate surface area is 269 Å². The normalized spacial score (nSPS) is 13.0. The molecule has 0 amide bonds. The molecule has 0 saturated heterocycles. The van der Waals surface area contributed by atoms with Crippen LogP contribution in [0.15, 0.2) is 87.7 Å². The Hall–Kier alpha value is -3.42. The van der Waals surface area contributed by atoms with Gasteiger partial charge in [0.2, 0.25) is 0 Å². The molecular formula is C41H58N2O. The summed E-state index contributed by atoms with van der Waals surface area (Å²) in [6, 6.07) is 12.5. The highest BCUT2D eigenvalue weighted by Gasteiger charge is 2.21. The molecule has 0 fully saturated rings. The van der Waals surface area contributed by atoms with E-state index in [9.17, 15) is 0 Å². The highest BCUT2D eigenvalue weighted by Crippen LogP contribution is 2.33. The number of nitrogens with zero attached hydrogens (tertiary/aromatic N) is 2. The fourth-order valence-electron chi connectivity index (χ4n) is 4.86. The third-order valence-electron chi connectivity index (χ3n) is 8.34. The van der Waals surface area contributed by atoms with Crippen LogP contribution < -0.4 is 0 Å². The van der Waals surface area contributed by atoms with Crippen LogP contribution in [0.5, 0.6) is 0 Å². The summed E-state index contributed by atoms with van der Waals surface area (Å²) in [4.78, 5) is 8.65. The quantitative estimate of drug-likeness (QED) is 0.231. The van der Waals surface area contributed by atoms with Crippen molar-refractivity contribution in [3.05, 3.63) is 101 Å². The highest BCUT2D eigenvalue weighted by atomic mass is 16.3.